The van der Waals surface area contributed by atoms with Crippen molar-refractivity contribution in [3.63, 3.8) is 0 Å². The van der Waals surface area contributed by atoms with Gasteiger partial charge in [0.2, 0.25) is 0 Å². The van der Waals surface area contributed by atoms with Crippen molar-refractivity contribution >= 4 is 53.9 Å². The van der Waals surface area contributed by atoms with Gasteiger partial charge in [-0.3, -0.25) is 0 Å². The van der Waals surface area contributed by atoms with E-state index in [1.807, 2.05) is 0 Å². The van der Waals surface area contributed by atoms with Gasteiger partial charge in [-0.05, 0) is 150 Å². The Kier molecular flexibility index (Phi) is 6.60. The van der Waals surface area contributed by atoms with Crippen LogP contribution in [0.15, 0.2) is 194 Å². The quantitative estimate of drug-likeness (QED) is 0.158. The van der Waals surface area contributed by atoms with Crippen molar-refractivity contribution in [3.05, 3.63) is 205 Å². The van der Waals surface area contributed by atoms with Crippen LogP contribution >= 0.6 is 0 Å². The Hall–Kier alpha value is -7.28. The lowest BCUT2D eigenvalue weighted by molar-refractivity contribution is 0.667. The maximum absolute atomic E-state index is 2.50. The topological polar surface area (TPSA) is 0 Å². The van der Waals surface area contributed by atoms with Crippen LogP contribution in [0, 0.1) is 0 Å². The van der Waals surface area contributed by atoms with Crippen molar-refractivity contribution in [2.24, 2.45) is 0 Å². The summed E-state index contributed by atoms with van der Waals surface area (Å²) in [6, 6.07) is 72.9. The molecule has 0 aliphatic heterocycles. The lowest BCUT2D eigenvalue weighted by atomic mass is 9.79. The summed E-state index contributed by atoms with van der Waals surface area (Å²) in [5, 5.41) is 13.1. The van der Waals surface area contributed by atoms with Crippen molar-refractivity contribution in [2.45, 2.75) is 19.3 Å². The first-order valence-electron chi connectivity index (χ1n) is 20.9. The fraction of sp³-hybridized carbons (Fsp3) is 0.0508. The summed E-state index contributed by atoms with van der Waals surface area (Å²) in [6.07, 6.45) is 0. The van der Waals surface area contributed by atoms with Crippen LogP contribution in [-0.4, -0.2) is 0 Å². The molecule has 0 radical (unpaired) electrons. The second-order valence-corrected chi connectivity index (χ2v) is 17.1. The summed E-state index contributed by atoms with van der Waals surface area (Å²) < 4.78 is 0. The van der Waals surface area contributed by atoms with Gasteiger partial charge in [0.05, 0.1) is 0 Å². The first-order valence-corrected chi connectivity index (χ1v) is 20.9. The molecule has 0 nitrogen and oxygen atoms in total. The maximum atomic E-state index is 2.50. The standard InChI is InChI=1S/C59H38/c1-59(2)51-34-39-32-38(29-28-37(39)33-50(51)55-44-22-11-9-20-41(44)42-21-10-14-25-47(42)58(55)59)40-30-31-49-54-43(40)26-15-27-48(54)56-52(35-16-5-3-6-17-35)45-23-12-13-24-46(45)53(57(49)56)36-18-7-4-8-19-36/h3-34H,1-2H3. The molecule has 0 N–H and O–H groups in total. The highest BCUT2D eigenvalue weighted by atomic mass is 14.4. The highest BCUT2D eigenvalue weighted by Crippen LogP contribution is 2.59. The Morgan fingerprint density at radius 1 is 0.288 bits per heavy atom. The van der Waals surface area contributed by atoms with Crippen LogP contribution < -0.4 is 0 Å². The minimum absolute atomic E-state index is 0.150. The highest BCUT2D eigenvalue weighted by molar-refractivity contribution is 6.29. The lowest BCUT2D eigenvalue weighted by Gasteiger charge is -2.24. The molecule has 0 heterocycles. The summed E-state index contributed by atoms with van der Waals surface area (Å²) in [6.45, 7) is 4.85. The molecule has 0 aromatic heterocycles. The third-order valence-electron chi connectivity index (χ3n) is 13.7. The SMILES string of the molecule is CC1(C)c2cc3cc(-c4ccc5c6c(cccc46)-c4c-5c(-c5ccccc5)c5ccccc5c4-c4ccccc4)ccc3cc2-c2c1c1ccccc1c1ccccc21. The average Bonchev–Trinajstić information content (AvgIpc) is 3.74. The number of fused-ring (bicyclic) bond motifs is 13. The van der Waals surface area contributed by atoms with Gasteiger partial charge in [-0.2, -0.15) is 0 Å². The molecule has 2 aliphatic carbocycles. The molecule has 11 aromatic rings. The van der Waals surface area contributed by atoms with Crippen LogP contribution in [0.25, 0.3) is 121 Å². The summed E-state index contributed by atoms with van der Waals surface area (Å²) in [4.78, 5) is 0. The fourth-order valence-electron chi connectivity index (χ4n) is 11.3. The zero-order valence-corrected chi connectivity index (χ0v) is 33.0. The molecule has 59 heavy (non-hydrogen) atoms. The predicted octanol–water partition coefficient (Wildman–Crippen LogP) is 16.4. The molecule has 274 valence electrons. The van der Waals surface area contributed by atoms with Crippen molar-refractivity contribution in [1.82, 2.24) is 0 Å². The molecule has 13 rings (SSSR count). The van der Waals surface area contributed by atoms with E-state index < -0.39 is 0 Å². The molecule has 0 unspecified atom stereocenters. The average molecular weight is 747 g/mol. The van der Waals surface area contributed by atoms with E-state index >= 15 is 0 Å². The minimum atomic E-state index is -0.150. The molecular weight excluding hydrogens is 709 g/mol. The Morgan fingerprint density at radius 3 is 1.44 bits per heavy atom. The van der Waals surface area contributed by atoms with Gasteiger partial charge in [-0.15, -0.1) is 0 Å². The number of rotatable bonds is 3. The summed E-state index contributed by atoms with van der Waals surface area (Å²) >= 11 is 0. The monoisotopic (exact) mass is 746 g/mol. The number of hydrogen-bond donors (Lipinski definition) is 0. The van der Waals surface area contributed by atoms with E-state index in [-0.39, 0.29) is 5.41 Å². The Morgan fingerprint density at radius 2 is 0.797 bits per heavy atom. The molecule has 0 atom stereocenters. The van der Waals surface area contributed by atoms with Crippen LogP contribution in [0.2, 0.25) is 0 Å². The third kappa shape index (κ3) is 4.38. The van der Waals surface area contributed by atoms with Gasteiger partial charge in [0.15, 0.2) is 0 Å². The first kappa shape index (κ1) is 32.8. The van der Waals surface area contributed by atoms with Crippen LogP contribution in [-0.2, 0) is 5.41 Å². The highest BCUT2D eigenvalue weighted by Gasteiger charge is 2.39. The Balaban J connectivity index is 1.04. The van der Waals surface area contributed by atoms with Gasteiger partial charge < -0.3 is 0 Å². The van der Waals surface area contributed by atoms with Crippen LogP contribution in [0.3, 0.4) is 0 Å². The maximum Gasteiger partial charge on any atom is 0.0165 e. The Bertz CT molecular complexity index is 3510. The predicted molar refractivity (Wildman–Crippen MR) is 252 cm³/mol. The molecule has 0 fully saturated rings. The smallest absolute Gasteiger partial charge is 0.0165 e. The summed E-state index contributed by atoms with van der Waals surface area (Å²) in [5.41, 5.74) is 18.4. The van der Waals surface area contributed by atoms with E-state index in [0.717, 1.165) is 0 Å². The van der Waals surface area contributed by atoms with Gasteiger partial charge >= 0.3 is 0 Å². The fourth-order valence-corrected chi connectivity index (χ4v) is 11.3. The van der Waals surface area contributed by atoms with Crippen molar-refractivity contribution in [1.29, 1.82) is 0 Å². The van der Waals surface area contributed by atoms with Gasteiger partial charge in [0.25, 0.3) is 0 Å². The molecular formula is C59H38. The van der Waals surface area contributed by atoms with E-state index in [4.69, 9.17) is 0 Å². The first-order chi connectivity index (χ1) is 29.1. The third-order valence-corrected chi connectivity index (χ3v) is 13.7. The summed E-state index contributed by atoms with van der Waals surface area (Å²) in [5.74, 6) is 0. The van der Waals surface area contributed by atoms with Crippen LogP contribution in [0.4, 0.5) is 0 Å². The van der Waals surface area contributed by atoms with Gasteiger partial charge in [0, 0.05) is 5.41 Å². The molecule has 0 saturated carbocycles. The van der Waals surface area contributed by atoms with E-state index in [1.54, 1.807) is 0 Å². The number of hydrogen-bond acceptors (Lipinski definition) is 0. The van der Waals surface area contributed by atoms with E-state index in [9.17, 15) is 0 Å². The molecule has 2 aliphatic rings. The van der Waals surface area contributed by atoms with Gasteiger partial charge in [0.1, 0.15) is 0 Å². The van der Waals surface area contributed by atoms with Crippen molar-refractivity contribution in [2.75, 3.05) is 0 Å². The molecule has 0 bridgehead atoms. The van der Waals surface area contributed by atoms with Crippen LogP contribution in [0.5, 0.6) is 0 Å². The largest absolute Gasteiger partial charge is 0.0622 e. The molecule has 0 spiro atoms. The van der Waals surface area contributed by atoms with E-state index in [0.29, 0.717) is 0 Å². The molecule has 0 amide bonds. The normalized spacial score (nSPS) is 13.4. The Labute approximate surface area is 343 Å². The van der Waals surface area contributed by atoms with E-state index in [2.05, 4.69) is 208 Å². The lowest BCUT2D eigenvalue weighted by Crippen LogP contribution is -2.15. The zero-order chi connectivity index (χ0) is 39.0. The van der Waals surface area contributed by atoms with E-state index in [1.165, 1.54) is 132 Å². The second-order valence-electron chi connectivity index (χ2n) is 17.1. The second kappa shape index (κ2) is 11.9. The molecule has 0 heteroatoms. The zero-order valence-electron chi connectivity index (χ0n) is 33.0. The minimum Gasteiger partial charge on any atom is -0.0622 e. The van der Waals surface area contributed by atoms with Crippen LogP contribution in [0.1, 0.15) is 25.0 Å². The van der Waals surface area contributed by atoms with Gasteiger partial charge in [-0.1, -0.05) is 190 Å². The molecule has 0 saturated heterocycles. The molecule has 11 aromatic carbocycles. The van der Waals surface area contributed by atoms with Crippen molar-refractivity contribution in [3.8, 4) is 66.8 Å². The van der Waals surface area contributed by atoms with Gasteiger partial charge in [-0.25, -0.2) is 0 Å². The summed E-state index contributed by atoms with van der Waals surface area (Å²) in [7, 11) is 0. The van der Waals surface area contributed by atoms with Crippen molar-refractivity contribution < 1.29 is 0 Å². The number of benzene rings is 11.